The Morgan fingerprint density at radius 3 is 2.41 bits per heavy atom. The number of nitrogens with zero attached hydrogens (tertiary/aromatic N) is 4. The molecule has 9 nitrogen and oxygen atoms in total. The first-order valence-corrected chi connectivity index (χ1v) is 14.4. The first-order valence-electron chi connectivity index (χ1n) is 14.4. The molecule has 1 fully saturated rings. The Bertz CT molecular complexity index is 1640. The molecule has 9 heteroatoms. The average molecular weight is 556 g/mol. The van der Waals surface area contributed by atoms with Crippen molar-refractivity contribution in [2.75, 3.05) is 7.05 Å². The molecule has 0 unspecified atom stereocenters. The van der Waals surface area contributed by atoms with Crippen molar-refractivity contribution >= 4 is 5.91 Å². The summed E-state index contributed by atoms with van der Waals surface area (Å²) in [4.78, 5) is 48.0. The van der Waals surface area contributed by atoms with Crippen molar-refractivity contribution < 1.29 is 9.32 Å². The van der Waals surface area contributed by atoms with Gasteiger partial charge in [-0.15, -0.1) is 0 Å². The number of carbonyl (C=O) groups excluding carboxylic acids is 1. The Hall–Kier alpha value is -4.27. The summed E-state index contributed by atoms with van der Waals surface area (Å²) in [6.07, 6.45) is 4.74. The number of benzene rings is 2. The molecule has 1 aliphatic carbocycles. The fourth-order valence-electron chi connectivity index (χ4n) is 5.03. The van der Waals surface area contributed by atoms with Gasteiger partial charge >= 0.3 is 5.76 Å². The van der Waals surface area contributed by atoms with Crippen LogP contribution in [0.4, 0.5) is 0 Å². The second-order valence-corrected chi connectivity index (χ2v) is 11.1. The SMILES string of the molecule is CCCCc1nc(C2CC2)c(CC(=O)N(C)C(C)C)c(=O)n1Cc1ccc(-c2ccccc2-c2noc(=O)[nH]2)cc1. The molecule has 214 valence electrons. The zero-order valence-electron chi connectivity index (χ0n) is 24.1. The first-order chi connectivity index (χ1) is 19.8. The summed E-state index contributed by atoms with van der Waals surface area (Å²) in [5.41, 5.74) is 4.80. The van der Waals surface area contributed by atoms with E-state index in [0.717, 1.165) is 59.5 Å². The van der Waals surface area contributed by atoms with Gasteiger partial charge in [0, 0.05) is 36.6 Å². The molecule has 0 bridgehead atoms. The Balaban J connectivity index is 1.49. The number of hydrogen-bond acceptors (Lipinski definition) is 6. The van der Waals surface area contributed by atoms with Gasteiger partial charge in [0.05, 0.1) is 18.7 Å². The molecule has 2 heterocycles. The van der Waals surface area contributed by atoms with E-state index >= 15 is 0 Å². The minimum absolute atomic E-state index is 0.0547. The van der Waals surface area contributed by atoms with E-state index in [0.29, 0.717) is 24.4 Å². The van der Waals surface area contributed by atoms with Crippen LogP contribution in [0.25, 0.3) is 22.5 Å². The third-order valence-electron chi connectivity index (χ3n) is 7.82. The van der Waals surface area contributed by atoms with Gasteiger partial charge in [-0.05, 0) is 49.8 Å². The first kappa shape index (κ1) is 28.3. The molecule has 4 aromatic rings. The van der Waals surface area contributed by atoms with E-state index in [1.807, 2.05) is 62.4 Å². The summed E-state index contributed by atoms with van der Waals surface area (Å²) in [6.45, 7) is 6.44. The quantitative estimate of drug-likeness (QED) is 0.281. The van der Waals surface area contributed by atoms with Crippen LogP contribution in [0.15, 0.2) is 62.6 Å². The maximum absolute atomic E-state index is 14.0. The zero-order valence-corrected chi connectivity index (χ0v) is 24.1. The summed E-state index contributed by atoms with van der Waals surface area (Å²) >= 11 is 0. The molecule has 0 atom stereocenters. The Morgan fingerprint density at radius 1 is 1.10 bits per heavy atom. The van der Waals surface area contributed by atoms with Crippen molar-refractivity contribution in [3.63, 3.8) is 0 Å². The van der Waals surface area contributed by atoms with Crippen molar-refractivity contribution in [1.29, 1.82) is 0 Å². The van der Waals surface area contributed by atoms with Gasteiger partial charge in [0.25, 0.3) is 5.56 Å². The van der Waals surface area contributed by atoms with E-state index < -0.39 is 5.76 Å². The normalized spacial score (nSPS) is 13.1. The second-order valence-electron chi connectivity index (χ2n) is 11.1. The molecular weight excluding hydrogens is 518 g/mol. The van der Waals surface area contributed by atoms with E-state index in [2.05, 4.69) is 17.1 Å². The Labute approximate surface area is 239 Å². The standard InChI is InChI=1S/C32H37N5O4/c1-5-6-11-27-33-29(23-16-17-23)26(18-28(38)36(4)20(2)3)31(39)37(27)19-21-12-14-22(15-13-21)24-9-7-8-10-25(24)30-34-32(40)41-35-30/h7-10,12-15,20,23H,5-6,11,16-19H2,1-4H3,(H,34,35,40). The smallest absolute Gasteiger partial charge is 0.343 e. The van der Waals surface area contributed by atoms with Crippen LogP contribution in [0.5, 0.6) is 0 Å². The van der Waals surface area contributed by atoms with Crippen LogP contribution in [0.2, 0.25) is 0 Å². The summed E-state index contributed by atoms with van der Waals surface area (Å²) in [6, 6.07) is 15.7. The molecule has 1 saturated carbocycles. The van der Waals surface area contributed by atoms with Crippen LogP contribution < -0.4 is 11.3 Å². The minimum atomic E-state index is -0.604. The lowest BCUT2D eigenvalue weighted by Crippen LogP contribution is -2.38. The molecule has 0 spiro atoms. The van der Waals surface area contributed by atoms with Crippen LogP contribution >= 0.6 is 0 Å². The molecular formula is C32H37N5O4. The monoisotopic (exact) mass is 555 g/mol. The van der Waals surface area contributed by atoms with Crippen LogP contribution in [-0.2, 0) is 24.2 Å². The minimum Gasteiger partial charge on any atom is -0.343 e. The van der Waals surface area contributed by atoms with Crippen LogP contribution in [0, 0.1) is 0 Å². The maximum atomic E-state index is 14.0. The largest absolute Gasteiger partial charge is 0.439 e. The van der Waals surface area contributed by atoms with Gasteiger partial charge in [0.15, 0.2) is 5.82 Å². The van der Waals surface area contributed by atoms with Gasteiger partial charge in [-0.25, -0.2) is 9.78 Å². The van der Waals surface area contributed by atoms with Crippen molar-refractivity contribution in [2.45, 2.75) is 77.8 Å². The summed E-state index contributed by atoms with van der Waals surface area (Å²) in [7, 11) is 1.78. The second kappa shape index (κ2) is 12.1. The number of aromatic nitrogens is 4. The highest BCUT2D eigenvalue weighted by Gasteiger charge is 2.32. The predicted molar refractivity (Wildman–Crippen MR) is 158 cm³/mol. The summed E-state index contributed by atoms with van der Waals surface area (Å²) < 4.78 is 6.47. The Morgan fingerprint density at radius 2 is 1.80 bits per heavy atom. The molecule has 1 N–H and O–H groups in total. The van der Waals surface area contributed by atoms with Crippen molar-refractivity contribution in [2.24, 2.45) is 0 Å². The number of aryl methyl sites for hydroxylation is 1. The third-order valence-corrected chi connectivity index (χ3v) is 7.82. The molecule has 5 rings (SSSR count). The average Bonchev–Trinajstić information content (AvgIpc) is 3.73. The number of amides is 1. The van der Waals surface area contributed by atoms with Crippen molar-refractivity contribution in [1.82, 2.24) is 24.6 Å². The maximum Gasteiger partial charge on any atom is 0.439 e. The van der Waals surface area contributed by atoms with Crippen LogP contribution in [0.1, 0.15) is 75.0 Å². The number of rotatable bonds is 11. The highest BCUT2D eigenvalue weighted by atomic mass is 16.5. The lowest BCUT2D eigenvalue weighted by molar-refractivity contribution is -0.130. The number of likely N-dealkylation sites (N-methyl/N-ethyl adjacent to an activating group) is 1. The van der Waals surface area contributed by atoms with E-state index in [-0.39, 0.29) is 29.8 Å². The van der Waals surface area contributed by atoms with Crippen molar-refractivity contribution in [3.8, 4) is 22.5 Å². The topological polar surface area (TPSA) is 114 Å². The number of H-pyrrole nitrogens is 1. The molecule has 1 aliphatic rings. The number of nitrogens with one attached hydrogen (secondary N) is 1. The van der Waals surface area contributed by atoms with Gasteiger partial charge in [-0.2, -0.15) is 0 Å². The number of aromatic amines is 1. The summed E-state index contributed by atoms with van der Waals surface area (Å²) in [5, 5.41) is 3.85. The van der Waals surface area contributed by atoms with Gasteiger partial charge in [-0.3, -0.25) is 23.7 Å². The molecule has 0 aliphatic heterocycles. The van der Waals surface area contributed by atoms with E-state index in [9.17, 15) is 14.4 Å². The van der Waals surface area contributed by atoms with E-state index in [1.54, 1.807) is 16.5 Å². The van der Waals surface area contributed by atoms with Crippen molar-refractivity contribution in [3.05, 3.63) is 92.1 Å². The fourth-order valence-corrected chi connectivity index (χ4v) is 5.03. The highest BCUT2D eigenvalue weighted by molar-refractivity contribution is 5.80. The molecule has 0 radical (unpaired) electrons. The van der Waals surface area contributed by atoms with Gasteiger partial charge in [0.2, 0.25) is 5.91 Å². The van der Waals surface area contributed by atoms with Crippen LogP contribution in [-0.4, -0.2) is 43.6 Å². The predicted octanol–water partition coefficient (Wildman–Crippen LogP) is 4.93. The number of hydrogen-bond donors (Lipinski definition) is 1. The third kappa shape index (κ3) is 6.24. The number of unbranched alkanes of at least 4 members (excludes halogenated alkanes) is 1. The Kier molecular flexibility index (Phi) is 8.33. The van der Waals surface area contributed by atoms with Gasteiger partial charge < -0.3 is 4.90 Å². The highest BCUT2D eigenvalue weighted by Crippen LogP contribution is 2.40. The van der Waals surface area contributed by atoms with Gasteiger partial charge in [-0.1, -0.05) is 67.0 Å². The summed E-state index contributed by atoms with van der Waals surface area (Å²) in [5.74, 6) is 0.757. The van der Waals surface area contributed by atoms with E-state index in [4.69, 9.17) is 9.51 Å². The molecule has 41 heavy (non-hydrogen) atoms. The molecule has 2 aromatic heterocycles. The number of carbonyl (C=O) groups is 1. The van der Waals surface area contributed by atoms with E-state index in [1.165, 1.54) is 0 Å². The van der Waals surface area contributed by atoms with Gasteiger partial charge in [0.1, 0.15) is 5.82 Å². The lowest BCUT2D eigenvalue weighted by atomic mass is 9.98. The molecule has 2 aromatic carbocycles. The van der Waals surface area contributed by atoms with Crippen LogP contribution in [0.3, 0.4) is 0 Å². The molecule has 1 amide bonds. The zero-order chi connectivity index (χ0) is 29.1. The fraction of sp³-hybridized carbons (Fsp3) is 0.406. The lowest BCUT2D eigenvalue weighted by Gasteiger charge is -2.23. The molecule has 0 saturated heterocycles.